The highest BCUT2D eigenvalue weighted by atomic mass is 35.5. The Morgan fingerprint density at radius 2 is 1.95 bits per heavy atom. The molecule has 0 unspecified atom stereocenters. The van der Waals surface area contributed by atoms with Crippen LogP contribution < -0.4 is 5.32 Å². The van der Waals surface area contributed by atoms with Gasteiger partial charge in [-0.15, -0.1) is 11.6 Å². The number of halogens is 1. The van der Waals surface area contributed by atoms with Crippen molar-refractivity contribution in [2.75, 3.05) is 5.88 Å². The minimum absolute atomic E-state index is 0.135. The van der Waals surface area contributed by atoms with Crippen LogP contribution in [0, 0.1) is 6.92 Å². The van der Waals surface area contributed by atoms with Gasteiger partial charge in [-0.05, 0) is 37.3 Å². The maximum absolute atomic E-state index is 12.2. The molecule has 2 nitrogen and oxygen atoms in total. The minimum Gasteiger partial charge on any atom is -0.349 e. The fourth-order valence-corrected chi connectivity index (χ4v) is 3.35. The lowest BCUT2D eigenvalue weighted by atomic mass is 9.83. The summed E-state index contributed by atoms with van der Waals surface area (Å²) in [6, 6.07) is 8.25. The summed E-state index contributed by atoms with van der Waals surface area (Å²) in [4.78, 5) is 12.2. The van der Waals surface area contributed by atoms with Crippen molar-refractivity contribution in [2.45, 2.75) is 57.4 Å². The highest BCUT2D eigenvalue weighted by Gasteiger charge is 2.32. The van der Waals surface area contributed by atoms with E-state index in [-0.39, 0.29) is 11.4 Å². The number of carbonyl (C=O) groups excluding carboxylic acids is 1. The van der Waals surface area contributed by atoms with Crippen LogP contribution in [0.1, 0.15) is 49.7 Å². The Morgan fingerprint density at radius 3 is 2.60 bits per heavy atom. The zero-order valence-electron chi connectivity index (χ0n) is 12.3. The van der Waals surface area contributed by atoms with E-state index in [4.69, 9.17) is 11.6 Å². The van der Waals surface area contributed by atoms with Crippen LogP contribution in [0.4, 0.5) is 0 Å². The Bertz CT molecular complexity index is 452. The molecule has 1 N–H and O–H groups in total. The zero-order valence-corrected chi connectivity index (χ0v) is 13.0. The Kier molecular flexibility index (Phi) is 5.47. The molecule has 0 spiro atoms. The van der Waals surface area contributed by atoms with Crippen LogP contribution in [-0.4, -0.2) is 17.3 Å². The largest absolute Gasteiger partial charge is 0.349 e. The summed E-state index contributed by atoms with van der Waals surface area (Å²) in [6.07, 6.45) is 6.99. The van der Waals surface area contributed by atoms with Gasteiger partial charge in [-0.2, -0.15) is 0 Å². The number of amides is 1. The van der Waals surface area contributed by atoms with E-state index in [0.29, 0.717) is 12.3 Å². The molecule has 110 valence electrons. The molecule has 1 aromatic carbocycles. The molecule has 1 aromatic rings. The fourth-order valence-electron chi connectivity index (χ4n) is 3.02. The quantitative estimate of drug-likeness (QED) is 0.817. The zero-order chi connectivity index (χ0) is 14.4. The number of aryl methyl sites for hydroxylation is 2. The van der Waals surface area contributed by atoms with Gasteiger partial charge in [-0.25, -0.2) is 0 Å². The van der Waals surface area contributed by atoms with Gasteiger partial charge >= 0.3 is 0 Å². The summed E-state index contributed by atoms with van der Waals surface area (Å²) in [6.45, 7) is 2.09. The second kappa shape index (κ2) is 7.12. The van der Waals surface area contributed by atoms with Crippen molar-refractivity contribution in [1.82, 2.24) is 5.32 Å². The van der Waals surface area contributed by atoms with Crippen LogP contribution >= 0.6 is 11.6 Å². The molecule has 0 radical (unpaired) electrons. The first-order valence-electron chi connectivity index (χ1n) is 7.57. The summed E-state index contributed by atoms with van der Waals surface area (Å²) in [7, 11) is 0. The molecule has 0 aliphatic heterocycles. The normalized spacial score (nSPS) is 17.7. The van der Waals surface area contributed by atoms with Gasteiger partial charge in [-0.3, -0.25) is 4.79 Å². The highest BCUT2D eigenvalue weighted by molar-refractivity contribution is 6.18. The van der Waals surface area contributed by atoms with E-state index in [1.165, 1.54) is 30.4 Å². The second-order valence-electron chi connectivity index (χ2n) is 5.95. The SMILES string of the molecule is Cc1ccccc1CCC(=O)NC1(CCl)CCCCC1. The van der Waals surface area contributed by atoms with Crippen molar-refractivity contribution >= 4 is 17.5 Å². The molecule has 0 aromatic heterocycles. The monoisotopic (exact) mass is 293 g/mol. The predicted octanol–water partition coefficient (Wildman–Crippen LogP) is 3.99. The van der Waals surface area contributed by atoms with Crippen LogP contribution in [0.15, 0.2) is 24.3 Å². The molecule has 0 bridgehead atoms. The second-order valence-corrected chi connectivity index (χ2v) is 6.22. The van der Waals surface area contributed by atoms with E-state index in [1.807, 2.05) is 12.1 Å². The van der Waals surface area contributed by atoms with Gasteiger partial charge in [0.15, 0.2) is 0 Å². The third kappa shape index (κ3) is 3.99. The number of alkyl halides is 1. The first-order chi connectivity index (χ1) is 9.65. The van der Waals surface area contributed by atoms with Crippen LogP contribution in [0.3, 0.4) is 0 Å². The van der Waals surface area contributed by atoms with Crippen molar-refractivity contribution in [3.05, 3.63) is 35.4 Å². The Morgan fingerprint density at radius 1 is 1.25 bits per heavy atom. The van der Waals surface area contributed by atoms with E-state index in [9.17, 15) is 4.79 Å². The van der Waals surface area contributed by atoms with Gasteiger partial charge in [0.25, 0.3) is 0 Å². The lowest BCUT2D eigenvalue weighted by molar-refractivity contribution is -0.123. The van der Waals surface area contributed by atoms with Crippen molar-refractivity contribution < 1.29 is 4.79 Å². The number of rotatable bonds is 5. The fraction of sp³-hybridized carbons (Fsp3) is 0.588. The average Bonchev–Trinajstić information content (AvgIpc) is 2.47. The number of hydrogen-bond acceptors (Lipinski definition) is 1. The van der Waals surface area contributed by atoms with Crippen molar-refractivity contribution in [1.29, 1.82) is 0 Å². The number of carbonyl (C=O) groups is 1. The van der Waals surface area contributed by atoms with Gasteiger partial charge in [0, 0.05) is 12.3 Å². The molecule has 1 fully saturated rings. The molecule has 1 amide bonds. The summed E-state index contributed by atoms with van der Waals surface area (Å²) in [5, 5.41) is 3.20. The van der Waals surface area contributed by atoms with Gasteiger partial charge in [0.2, 0.25) is 5.91 Å². The summed E-state index contributed by atoms with van der Waals surface area (Å²) in [5.74, 6) is 0.666. The first-order valence-corrected chi connectivity index (χ1v) is 8.10. The molecule has 0 heterocycles. The first kappa shape index (κ1) is 15.4. The van der Waals surface area contributed by atoms with Crippen LogP contribution in [0.2, 0.25) is 0 Å². The molecular formula is C17H24ClNO. The van der Waals surface area contributed by atoms with E-state index in [1.54, 1.807) is 0 Å². The highest BCUT2D eigenvalue weighted by Crippen LogP contribution is 2.29. The number of benzene rings is 1. The van der Waals surface area contributed by atoms with Crippen LogP contribution in [0.5, 0.6) is 0 Å². The van der Waals surface area contributed by atoms with Crippen molar-refractivity contribution in [3.63, 3.8) is 0 Å². The smallest absolute Gasteiger partial charge is 0.220 e. The Labute approximate surface area is 126 Å². The van der Waals surface area contributed by atoms with Gasteiger partial charge < -0.3 is 5.32 Å². The topological polar surface area (TPSA) is 29.1 Å². The molecule has 3 heteroatoms. The number of hydrogen-bond donors (Lipinski definition) is 1. The molecule has 0 atom stereocenters. The standard InChI is InChI=1S/C17H24ClNO/c1-14-7-3-4-8-15(14)9-10-16(20)19-17(13-18)11-5-2-6-12-17/h3-4,7-8H,2,5-6,9-13H2,1H3,(H,19,20). The molecule has 1 saturated carbocycles. The maximum atomic E-state index is 12.2. The maximum Gasteiger partial charge on any atom is 0.220 e. The summed E-state index contributed by atoms with van der Waals surface area (Å²) in [5.41, 5.74) is 2.36. The van der Waals surface area contributed by atoms with E-state index in [0.717, 1.165) is 19.3 Å². The van der Waals surface area contributed by atoms with E-state index in [2.05, 4.69) is 24.4 Å². The van der Waals surface area contributed by atoms with Crippen molar-refractivity contribution in [3.8, 4) is 0 Å². The Hall–Kier alpha value is -1.02. The molecular weight excluding hydrogens is 270 g/mol. The molecule has 20 heavy (non-hydrogen) atoms. The van der Waals surface area contributed by atoms with Crippen LogP contribution in [0.25, 0.3) is 0 Å². The predicted molar refractivity (Wildman–Crippen MR) is 84.2 cm³/mol. The Balaban J connectivity index is 1.87. The van der Waals surface area contributed by atoms with Crippen LogP contribution in [-0.2, 0) is 11.2 Å². The summed E-state index contributed by atoms with van der Waals surface area (Å²) < 4.78 is 0. The van der Waals surface area contributed by atoms with E-state index >= 15 is 0 Å². The summed E-state index contributed by atoms with van der Waals surface area (Å²) >= 11 is 6.11. The molecule has 2 rings (SSSR count). The van der Waals surface area contributed by atoms with Gasteiger partial charge in [0.05, 0.1) is 5.54 Å². The third-order valence-electron chi connectivity index (χ3n) is 4.35. The number of nitrogens with one attached hydrogen (secondary N) is 1. The molecule has 1 aliphatic carbocycles. The van der Waals surface area contributed by atoms with Gasteiger partial charge in [0.1, 0.15) is 0 Å². The molecule has 0 saturated heterocycles. The third-order valence-corrected chi connectivity index (χ3v) is 4.87. The molecule has 1 aliphatic rings. The van der Waals surface area contributed by atoms with E-state index < -0.39 is 0 Å². The average molecular weight is 294 g/mol. The van der Waals surface area contributed by atoms with Crippen molar-refractivity contribution in [2.24, 2.45) is 0 Å². The lowest BCUT2D eigenvalue weighted by Gasteiger charge is -2.36. The van der Waals surface area contributed by atoms with Gasteiger partial charge in [-0.1, -0.05) is 43.5 Å². The lowest BCUT2D eigenvalue weighted by Crippen LogP contribution is -2.51. The minimum atomic E-state index is -0.150.